The SMILES string of the molecule is C=C(CP1[C@@H](C)CCC[C@@H]1C)P1[C@@H](C)CCC[C@@H]1C. The summed E-state index contributed by atoms with van der Waals surface area (Å²) in [5.74, 6) is 0. The first-order chi connectivity index (χ1) is 9.00. The van der Waals surface area contributed by atoms with Crippen LogP contribution in [0.1, 0.15) is 66.2 Å². The fraction of sp³-hybridized carbons (Fsp3) is 0.882. The lowest BCUT2D eigenvalue weighted by atomic mass is 10.1. The van der Waals surface area contributed by atoms with Crippen LogP contribution in [0.15, 0.2) is 11.9 Å². The lowest BCUT2D eigenvalue weighted by Gasteiger charge is -2.41. The van der Waals surface area contributed by atoms with E-state index in [2.05, 4.69) is 34.3 Å². The molecule has 0 aromatic carbocycles. The molecule has 0 unspecified atom stereocenters. The van der Waals surface area contributed by atoms with Crippen molar-refractivity contribution in [2.45, 2.75) is 88.9 Å². The zero-order chi connectivity index (χ0) is 14.0. The van der Waals surface area contributed by atoms with Crippen LogP contribution < -0.4 is 0 Å². The topological polar surface area (TPSA) is 0 Å². The van der Waals surface area contributed by atoms with E-state index < -0.39 is 0 Å². The highest BCUT2D eigenvalue weighted by Gasteiger charge is 2.33. The van der Waals surface area contributed by atoms with Crippen molar-refractivity contribution in [2.75, 3.05) is 6.16 Å². The van der Waals surface area contributed by atoms with Crippen molar-refractivity contribution in [3.63, 3.8) is 0 Å². The van der Waals surface area contributed by atoms with E-state index in [1.54, 1.807) is 5.31 Å². The van der Waals surface area contributed by atoms with Crippen molar-refractivity contribution in [3.05, 3.63) is 11.9 Å². The van der Waals surface area contributed by atoms with E-state index in [0.29, 0.717) is 0 Å². The van der Waals surface area contributed by atoms with Crippen LogP contribution in [-0.4, -0.2) is 28.8 Å². The normalized spacial score (nSPS) is 38.3. The van der Waals surface area contributed by atoms with Gasteiger partial charge in [-0.3, -0.25) is 0 Å². The summed E-state index contributed by atoms with van der Waals surface area (Å²) >= 11 is 0. The molecule has 2 rings (SSSR count). The van der Waals surface area contributed by atoms with Gasteiger partial charge in [0.05, 0.1) is 0 Å². The third-order valence-corrected chi connectivity index (χ3v) is 12.4. The fourth-order valence-electron chi connectivity index (χ4n) is 4.12. The highest BCUT2D eigenvalue weighted by molar-refractivity contribution is 7.66. The van der Waals surface area contributed by atoms with E-state index in [0.717, 1.165) is 22.6 Å². The average molecular weight is 298 g/mol. The van der Waals surface area contributed by atoms with Crippen molar-refractivity contribution in [3.8, 4) is 0 Å². The van der Waals surface area contributed by atoms with Crippen LogP contribution >= 0.6 is 15.8 Å². The smallest absolute Gasteiger partial charge is 0.00695 e. The van der Waals surface area contributed by atoms with Crippen LogP contribution in [0.4, 0.5) is 0 Å². The van der Waals surface area contributed by atoms with Gasteiger partial charge in [0.2, 0.25) is 0 Å². The summed E-state index contributed by atoms with van der Waals surface area (Å²) < 4.78 is 0. The molecule has 0 amide bonds. The van der Waals surface area contributed by atoms with E-state index >= 15 is 0 Å². The van der Waals surface area contributed by atoms with Gasteiger partial charge in [-0.25, -0.2) is 0 Å². The Balaban J connectivity index is 1.99. The molecule has 2 heteroatoms. The quantitative estimate of drug-likeness (QED) is 0.530. The van der Waals surface area contributed by atoms with Gasteiger partial charge in [-0.15, -0.1) is 0 Å². The van der Waals surface area contributed by atoms with E-state index in [4.69, 9.17) is 0 Å². The Morgan fingerprint density at radius 2 is 1.26 bits per heavy atom. The van der Waals surface area contributed by atoms with Crippen molar-refractivity contribution >= 4 is 15.8 Å². The van der Waals surface area contributed by atoms with E-state index in [9.17, 15) is 0 Å². The van der Waals surface area contributed by atoms with Gasteiger partial charge in [-0.1, -0.05) is 63.0 Å². The highest BCUT2D eigenvalue weighted by Crippen LogP contribution is 2.63. The Kier molecular flexibility index (Phi) is 5.92. The molecule has 2 aliphatic heterocycles. The monoisotopic (exact) mass is 298 g/mol. The lowest BCUT2D eigenvalue weighted by Crippen LogP contribution is -2.22. The number of hydrogen-bond acceptors (Lipinski definition) is 0. The zero-order valence-electron chi connectivity index (χ0n) is 13.4. The molecule has 2 saturated heterocycles. The molecule has 0 saturated carbocycles. The van der Waals surface area contributed by atoms with Crippen molar-refractivity contribution in [1.29, 1.82) is 0 Å². The number of hydrogen-bond donors (Lipinski definition) is 0. The Morgan fingerprint density at radius 3 is 1.74 bits per heavy atom. The van der Waals surface area contributed by atoms with Crippen molar-refractivity contribution in [2.24, 2.45) is 0 Å². The Bertz CT molecular complexity index is 292. The molecular weight excluding hydrogens is 266 g/mol. The van der Waals surface area contributed by atoms with E-state index in [-0.39, 0.29) is 15.8 Å². The molecule has 2 aliphatic rings. The third-order valence-electron chi connectivity index (χ3n) is 5.30. The molecule has 0 N–H and O–H groups in total. The Morgan fingerprint density at radius 1 is 0.842 bits per heavy atom. The molecule has 2 heterocycles. The van der Waals surface area contributed by atoms with Crippen molar-refractivity contribution < 1.29 is 0 Å². The van der Waals surface area contributed by atoms with E-state index in [1.807, 2.05) is 0 Å². The molecule has 0 aliphatic carbocycles. The summed E-state index contributed by atoms with van der Waals surface area (Å²) in [5, 5.41) is 1.68. The van der Waals surface area contributed by atoms with Gasteiger partial charge >= 0.3 is 0 Å². The van der Waals surface area contributed by atoms with Gasteiger partial charge in [0.25, 0.3) is 0 Å². The maximum atomic E-state index is 4.59. The minimum atomic E-state index is 0.103. The summed E-state index contributed by atoms with van der Waals surface area (Å²) in [6.07, 6.45) is 10.2. The largest absolute Gasteiger partial charge is 0.0964 e. The molecular formula is C17H32P2. The lowest BCUT2D eigenvalue weighted by molar-refractivity contribution is 0.622. The molecule has 0 spiro atoms. The summed E-state index contributed by atoms with van der Waals surface area (Å²) in [4.78, 5) is 0. The van der Waals surface area contributed by atoms with Crippen LogP contribution in [-0.2, 0) is 0 Å². The summed E-state index contributed by atoms with van der Waals surface area (Å²) in [5.41, 5.74) is 3.86. The summed E-state index contributed by atoms with van der Waals surface area (Å²) in [6.45, 7) is 14.6. The maximum Gasteiger partial charge on any atom is -0.00695 e. The van der Waals surface area contributed by atoms with Gasteiger partial charge in [0.15, 0.2) is 0 Å². The average Bonchev–Trinajstić information content (AvgIpc) is 2.34. The zero-order valence-corrected chi connectivity index (χ0v) is 15.1. The second-order valence-electron chi connectivity index (χ2n) is 6.90. The Labute approximate surface area is 123 Å². The predicted molar refractivity (Wildman–Crippen MR) is 93.4 cm³/mol. The molecule has 0 aromatic rings. The minimum absolute atomic E-state index is 0.103. The van der Waals surface area contributed by atoms with Gasteiger partial charge < -0.3 is 0 Å². The molecule has 0 bridgehead atoms. The molecule has 0 radical (unpaired) electrons. The Hall–Kier alpha value is 0.600. The van der Waals surface area contributed by atoms with Gasteiger partial charge in [-0.2, -0.15) is 0 Å². The first-order valence-electron chi connectivity index (χ1n) is 8.22. The van der Waals surface area contributed by atoms with Crippen LogP contribution in [0.5, 0.6) is 0 Å². The van der Waals surface area contributed by atoms with Gasteiger partial charge in [-0.05, 0) is 59.8 Å². The number of rotatable bonds is 3. The standard InChI is InChI=1S/C17H32P2/c1-13-8-6-9-14(2)18(13)12-17(5)19-15(3)10-7-11-16(19)4/h13-16H,5-12H2,1-4H3/t13-,14-,15-,16-/m0/s1. The number of allylic oxidation sites excluding steroid dienone is 1. The first-order valence-corrected chi connectivity index (χ1v) is 11.4. The van der Waals surface area contributed by atoms with E-state index in [1.165, 1.54) is 44.7 Å². The van der Waals surface area contributed by atoms with Crippen LogP contribution in [0.3, 0.4) is 0 Å². The van der Waals surface area contributed by atoms with Gasteiger partial charge in [0.1, 0.15) is 0 Å². The minimum Gasteiger partial charge on any atom is -0.0964 e. The second-order valence-corrected chi connectivity index (χ2v) is 13.2. The van der Waals surface area contributed by atoms with Crippen LogP contribution in [0.2, 0.25) is 0 Å². The fourth-order valence-corrected chi connectivity index (χ4v) is 11.2. The molecule has 4 atom stereocenters. The maximum absolute atomic E-state index is 4.59. The molecule has 2 fully saturated rings. The summed E-state index contributed by atoms with van der Waals surface area (Å²) in [6, 6.07) is 0. The second kappa shape index (κ2) is 7.04. The first kappa shape index (κ1) is 16.0. The highest BCUT2D eigenvalue weighted by atomic mass is 31.1. The predicted octanol–water partition coefficient (Wildman–Crippen LogP) is 6.39. The molecule has 110 valence electrons. The molecule has 19 heavy (non-hydrogen) atoms. The molecule has 0 nitrogen and oxygen atoms in total. The molecule has 0 aromatic heterocycles. The van der Waals surface area contributed by atoms with Gasteiger partial charge in [0, 0.05) is 0 Å². The van der Waals surface area contributed by atoms with Crippen LogP contribution in [0, 0.1) is 0 Å². The third kappa shape index (κ3) is 3.83. The van der Waals surface area contributed by atoms with Crippen LogP contribution in [0.25, 0.3) is 0 Å². The summed E-state index contributed by atoms with van der Waals surface area (Å²) in [7, 11) is 0.324. The van der Waals surface area contributed by atoms with Crippen molar-refractivity contribution in [1.82, 2.24) is 0 Å².